The minimum Gasteiger partial charge on any atom is -0.496 e. The molecule has 0 aliphatic heterocycles. The lowest BCUT2D eigenvalue weighted by atomic mass is 9.97. The van der Waals surface area contributed by atoms with Gasteiger partial charge in [0.05, 0.1) is 12.7 Å². The smallest absolute Gasteiger partial charge is 0.274 e. The molecule has 0 spiro atoms. The van der Waals surface area contributed by atoms with Gasteiger partial charge in [-0.1, -0.05) is 11.6 Å². The molecular weight excluding hydrogens is 224 g/mol. The Kier molecular flexibility index (Phi) is 4.09. The summed E-state index contributed by atoms with van der Waals surface area (Å²) in [5, 5.41) is 0. The largest absolute Gasteiger partial charge is 0.496 e. The van der Waals surface area contributed by atoms with Gasteiger partial charge < -0.3 is 10.5 Å². The Hall–Kier alpha value is -1.16. The SMILES string of the molecule is COc1c(CC(C)N)cc(C)cc1C(C)(F)F. The Morgan fingerprint density at radius 1 is 1.41 bits per heavy atom. The summed E-state index contributed by atoms with van der Waals surface area (Å²) in [6.45, 7) is 4.50. The summed E-state index contributed by atoms with van der Waals surface area (Å²) >= 11 is 0. The third-order valence-electron chi connectivity index (χ3n) is 2.53. The molecule has 0 aliphatic rings. The highest BCUT2D eigenvalue weighted by Gasteiger charge is 2.30. The van der Waals surface area contributed by atoms with E-state index in [2.05, 4.69) is 0 Å². The monoisotopic (exact) mass is 243 g/mol. The number of hydrogen-bond donors (Lipinski definition) is 1. The molecule has 0 saturated heterocycles. The predicted octanol–water partition coefficient (Wildman–Crippen LogP) is 3.01. The highest BCUT2D eigenvalue weighted by molar-refractivity contribution is 5.47. The van der Waals surface area contributed by atoms with Crippen LogP contribution in [0.25, 0.3) is 0 Å². The van der Waals surface area contributed by atoms with Gasteiger partial charge in [-0.3, -0.25) is 0 Å². The minimum absolute atomic E-state index is 0.0735. The van der Waals surface area contributed by atoms with Gasteiger partial charge in [0.25, 0.3) is 5.92 Å². The van der Waals surface area contributed by atoms with Gasteiger partial charge in [0, 0.05) is 13.0 Å². The third kappa shape index (κ3) is 3.40. The first-order valence-electron chi connectivity index (χ1n) is 5.57. The molecule has 1 aromatic rings. The average molecular weight is 243 g/mol. The predicted molar refractivity (Wildman–Crippen MR) is 64.7 cm³/mol. The van der Waals surface area contributed by atoms with Gasteiger partial charge in [-0.15, -0.1) is 0 Å². The summed E-state index contributed by atoms with van der Waals surface area (Å²) in [7, 11) is 1.41. The number of aryl methyl sites for hydroxylation is 1. The molecule has 0 bridgehead atoms. The van der Waals surface area contributed by atoms with Crippen LogP contribution in [0.5, 0.6) is 5.75 Å². The molecule has 1 rings (SSSR count). The maximum Gasteiger partial charge on any atom is 0.274 e. The molecule has 0 radical (unpaired) electrons. The van der Waals surface area contributed by atoms with Gasteiger partial charge >= 0.3 is 0 Å². The van der Waals surface area contributed by atoms with E-state index >= 15 is 0 Å². The van der Waals surface area contributed by atoms with Gasteiger partial charge in [-0.2, -0.15) is 0 Å². The second kappa shape index (κ2) is 5.00. The standard InChI is InChI=1S/C13H19F2NO/c1-8-5-10(7-9(2)16)12(17-4)11(6-8)13(3,14)15/h5-6,9H,7,16H2,1-4H3. The number of benzene rings is 1. The summed E-state index contributed by atoms with van der Waals surface area (Å²) in [6, 6.07) is 3.21. The van der Waals surface area contributed by atoms with Crippen molar-refractivity contribution < 1.29 is 13.5 Å². The summed E-state index contributed by atoms with van der Waals surface area (Å²) in [4.78, 5) is 0. The number of rotatable bonds is 4. The van der Waals surface area contributed by atoms with E-state index in [1.165, 1.54) is 13.2 Å². The van der Waals surface area contributed by atoms with Crippen LogP contribution < -0.4 is 10.5 Å². The fourth-order valence-electron chi connectivity index (χ4n) is 1.91. The van der Waals surface area contributed by atoms with Crippen LogP contribution in [0.1, 0.15) is 30.5 Å². The number of halogens is 2. The molecule has 2 N–H and O–H groups in total. The van der Waals surface area contributed by atoms with Gasteiger partial charge in [0.1, 0.15) is 5.75 Å². The van der Waals surface area contributed by atoms with Crippen LogP contribution >= 0.6 is 0 Å². The number of alkyl halides is 2. The molecule has 0 fully saturated rings. The van der Waals surface area contributed by atoms with Crippen molar-refractivity contribution in [2.45, 2.75) is 39.2 Å². The Labute approximate surface area is 101 Å². The van der Waals surface area contributed by atoms with E-state index < -0.39 is 5.92 Å². The van der Waals surface area contributed by atoms with E-state index in [0.29, 0.717) is 6.42 Å². The Morgan fingerprint density at radius 2 is 2.00 bits per heavy atom. The highest BCUT2D eigenvalue weighted by Crippen LogP contribution is 2.37. The zero-order valence-corrected chi connectivity index (χ0v) is 10.7. The maximum absolute atomic E-state index is 13.5. The lowest BCUT2D eigenvalue weighted by molar-refractivity contribution is 0.0149. The van der Waals surface area contributed by atoms with Gasteiger partial charge in [-0.25, -0.2) is 8.78 Å². The molecule has 1 aromatic carbocycles. The summed E-state index contributed by atoms with van der Waals surface area (Å²) in [5.41, 5.74) is 7.17. The normalized spacial score (nSPS) is 13.6. The average Bonchev–Trinajstić information content (AvgIpc) is 2.14. The van der Waals surface area contributed by atoms with Gasteiger partial charge in [0.15, 0.2) is 0 Å². The molecule has 2 nitrogen and oxygen atoms in total. The van der Waals surface area contributed by atoms with Crippen molar-refractivity contribution in [2.24, 2.45) is 5.73 Å². The lowest BCUT2D eigenvalue weighted by Gasteiger charge is -2.20. The second-order valence-corrected chi connectivity index (χ2v) is 4.57. The van der Waals surface area contributed by atoms with Crippen molar-refractivity contribution in [1.82, 2.24) is 0 Å². The summed E-state index contributed by atoms with van der Waals surface area (Å²) in [6.07, 6.45) is 0.522. The summed E-state index contributed by atoms with van der Waals surface area (Å²) in [5.74, 6) is -2.66. The van der Waals surface area contributed by atoms with Crippen LogP contribution in [-0.2, 0) is 12.3 Å². The van der Waals surface area contributed by atoms with Gasteiger partial charge in [-0.05, 0) is 31.9 Å². The quantitative estimate of drug-likeness (QED) is 0.882. The Bertz CT molecular complexity index is 397. The van der Waals surface area contributed by atoms with E-state index in [4.69, 9.17) is 10.5 Å². The van der Waals surface area contributed by atoms with E-state index in [-0.39, 0.29) is 17.4 Å². The van der Waals surface area contributed by atoms with E-state index in [9.17, 15) is 8.78 Å². The first-order chi connectivity index (χ1) is 7.75. The molecule has 1 atom stereocenters. The van der Waals surface area contributed by atoms with Crippen molar-refractivity contribution in [3.8, 4) is 5.75 Å². The van der Waals surface area contributed by atoms with E-state index in [1.54, 1.807) is 6.92 Å². The van der Waals surface area contributed by atoms with Crippen molar-refractivity contribution in [2.75, 3.05) is 7.11 Å². The molecule has 17 heavy (non-hydrogen) atoms. The lowest BCUT2D eigenvalue weighted by Crippen LogP contribution is -2.19. The second-order valence-electron chi connectivity index (χ2n) is 4.57. The molecular formula is C13H19F2NO. The molecule has 0 aliphatic carbocycles. The van der Waals surface area contributed by atoms with E-state index in [0.717, 1.165) is 18.1 Å². The molecule has 0 saturated carbocycles. The molecule has 0 aromatic heterocycles. The van der Waals surface area contributed by atoms with E-state index in [1.807, 2.05) is 13.0 Å². The van der Waals surface area contributed by atoms with Crippen molar-refractivity contribution in [3.63, 3.8) is 0 Å². The van der Waals surface area contributed by atoms with Crippen molar-refractivity contribution >= 4 is 0 Å². The number of nitrogens with two attached hydrogens (primary N) is 1. The van der Waals surface area contributed by atoms with Crippen LogP contribution in [0.15, 0.2) is 12.1 Å². The van der Waals surface area contributed by atoms with Crippen LogP contribution in [0.4, 0.5) is 8.78 Å². The van der Waals surface area contributed by atoms with Crippen molar-refractivity contribution in [3.05, 3.63) is 28.8 Å². The van der Waals surface area contributed by atoms with Crippen LogP contribution in [0, 0.1) is 6.92 Å². The summed E-state index contributed by atoms with van der Waals surface area (Å²) < 4.78 is 32.1. The number of methoxy groups -OCH3 is 1. The topological polar surface area (TPSA) is 35.2 Å². The molecule has 0 heterocycles. The van der Waals surface area contributed by atoms with Crippen LogP contribution in [-0.4, -0.2) is 13.2 Å². The highest BCUT2D eigenvalue weighted by atomic mass is 19.3. The Morgan fingerprint density at radius 3 is 2.41 bits per heavy atom. The first kappa shape index (κ1) is 13.9. The maximum atomic E-state index is 13.5. The minimum atomic E-state index is -2.91. The zero-order valence-electron chi connectivity index (χ0n) is 10.7. The third-order valence-corrected chi connectivity index (χ3v) is 2.53. The molecule has 1 unspecified atom stereocenters. The van der Waals surface area contributed by atoms with Crippen LogP contribution in [0.3, 0.4) is 0 Å². The number of hydrogen-bond acceptors (Lipinski definition) is 2. The Balaban J connectivity index is 3.35. The number of ether oxygens (including phenoxy) is 1. The van der Waals surface area contributed by atoms with Gasteiger partial charge in [0.2, 0.25) is 0 Å². The van der Waals surface area contributed by atoms with Crippen LogP contribution in [0.2, 0.25) is 0 Å². The first-order valence-corrected chi connectivity index (χ1v) is 5.57. The molecule has 0 amide bonds. The fraction of sp³-hybridized carbons (Fsp3) is 0.538. The van der Waals surface area contributed by atoms with Crippen molar-refractivity contribution in [1.29, 1.82) is 0 Å². The fourth-order valence-corrected chi connectivity index (χ4v) is 1.91. The molecule has 4 heteroatoms. The zero-order chi connectivity index (χ0) is 13.2. The molecule has 96 valence electrons.